The Kier molecular flexibility index (Phi) is 7.37. The summed E-state index contributed by atoms with van der Waals surface area (Å²) < 4.78 is 5.60. The second kappa shape index (κ2) is 10.2. The third-order valence-electron chi connectivity index (χ3n) is 4.76. The van der Waals surface area contributed by atoms with E-state index in [4.69, 9.17) is 16.3 Å². The summed E-state index contributed by atoms with van der Waals surface area (Å²) in [7, 11) is 1.77. The molecule has 1 unspecified atom stereocenters. The van der Waals surface area contributed by atoms with E-state index >= 15 is 0 Å². The van der Waals surface area contributed by atoms with E-state index in [2.05, 4.69) is 56.7 Å². The molecule has 1 fully saturated rings. The second-order valence-electron chi connectivity index (χ2n) is 6.82. The van der Waals surface area contributed by atoms with Crippen LogP contribution in [-0.4, -0.2) is 44.2 Å². The molecular weight excluding hydrogens is 374 g/mol. The molecule has 1 saturated heterocycles. The molecular formula is C21H28ClN5O. The third-order valence-corrected chi connectivity index (χ3v) is 4.99. The van der Waals surface area contributed by atoms with Gasteiger partial charge in [-0.15, -0.1) is 0 Å². The Morgan fingerprint density at radius 1 is 1.29 bits per heavy atom. The molecule has 2 aromatic rings. The number of hydrogen-bond acceptors (Lipinski definition) is 4. The van der Waals surface area contributed by atoms with Gasteiger partial charge in [-0.2, -0.15) is 0 Å². The summed E-state index contributed by atoms with van der Waals surface area (Å²) in [6.07, 6.45) is 4.13. The first kappa shape index (κ1) is 20.3. The van der Waals surface area contributed by atoms with Gasteiger partial charge in [-0.25, -0.2) is 4.98 Å². The van der Waals surface area contributed by atoms with E-state index in [1.807, 2.05) is 0 Å². The van der Waals surface area contributed by atoms with Crippen molar-refractivity contribution in [1.82, 2.24) is 15.6 Å². The lowest BCUT2D eigenvalue weighted by molar-refractivity contribution is 0.309. The highest BCUT2D eigenvalue weighted by molar-refractivity contribution is 6.30. The molecule has 3 rings (SSSR count). The number of halogens is 1. The molecule has 6 nitrogen and oxygen atoms in total. The fourth-order valence-electron chi connectivity index (χ4n) is 3.22. The number of ether oxygens (including phenoxy) is 1. The Morgan fingerprint density at radius 2 is 2.11 bits per heavy atom. The molecule has 2 N–H and O–H groups in total. The third kappa shape index (κ3) is 5.76. The summed E-state index contributed by atoms with van der Waals surface area (Å²) in [4.78, 5) is 10.9. The maximum atomic E-state index is 5.82. The van der Waals surface area contributed by atoms with Gasteiger partial charge >= 0.3 is 0 Å². The number of guanidine groups is 1. The number of nitrogens with one attached hydrogen (secondary N) is 2. The van der Waals surface area contributed by atoms with Gasteiger partial charge in [-0.1, -0.05) is 23.7 Å². The summed E-state index contributed by atoms with van der Waals surface area (Å²) >= 11 is 5.82. The van der Waals surface area contributed by atoms with Crippen LogP contribution in [0.15, 0.2) is 47.6 Å². The van der Waals surface area contributed by atoms with Crippen LogP contribution >= 0.6 is 11.6 Å². The predicted molar refractivity (Wildman–Crippen MR) is 116 cm³/mol. The van der Waals surface area contributed by atoms with E-state index in [1.165, 1.54) is 24.1 Å². The van der Waals surface area contributed by atoms with Crippen molar-refractivity contribution in [3.8, 4) is 5.88 Å². The van der Waals surface area contributed by atoms with Crippen molar-refractivity contribution in [2.75, 3.05) is 38.2 Å². The van der Waals surface area contributed by atoms with Crippen LogP contribution in [0, 0.1) is 0 Å². The molecule has 0 aliphatic carbocycles. The quantitative estimate of drug-likeness (QED) is 0.421. The maximum absolute atomic E-state index is 5.82. The van der Waals surface area contributed by atoms with E-state index in [0.717, 1.165) is 19.0 Å². The predicted octanol–water partition coefficient (Wildman–Crippen LogP) is 3.64. The van der Waals surface area contributed by atoms with Crippen LogP contribution in [0.3, 0.4) is 0 Å². The van der Waals surface area contributed by atoms with E-state index in [1.54, 1.807) is 25.4 Å². The first-order valence-electron chi connectivity index (χ1n) is 9.72. The van der Waals surface area contributed by atoms with Gasteiger partial charge in [0.2, 0.25) is 5.88 Å². The van der Waals surface area contributed by atoms with Gasteiger partial charge in [-0.3, -0.25) is 4.99 Å². The summed E-state index contributed by atoms with van der Waals surface area (Å²) in [6, 6.07) is 12.4. The van der Waals surface area contributed by atoms with Crippen molar-refractivity contribution in [2.45, 2.75) is 25.8 Å². The minimum Gasteiger partial charge on any atom is -0.476 e. The van der Waals surface area contributed by atoms with Crippen LogP contribution in [0.2, 0.25) is 5.02 Å². The smallest absolute Gasteiger partial charge is 0.213 e. The van der Waals surface area contributed by atoms with Crippen molar-refractivity contribution in [1.29, 1.82) is 0 Å². The molecule has 1 aliphatic heterocycles. The van der Waals surface area contributed by atoms with E-state index < -0.39 is 0 Å². The Morgan fingerprint density at radius 3 is 2.82 bits per heavy atom. The molecule has 2 heterocycles. The number of anilines is 1. The SMILES string of the molecule is CN=C(NCCOc1ccc(Cl)cn1)NC(C)c1cccc(N2CCCC2)c1. The van der Waals surface area contributed by atoms with Crippen molar-refractivity contribution in [2.24, 2.45) is 4.99 Å². The molecule has 1 aromatic carbocycles. The first-order chi connectivity index (χ1) is 13.7. The maximum Gasteiger partial charge on any atom is 0.213 e. The van der Waals surface area contributed by atoms with Gasteiger partial charge in [-0.05, 0) is 43.5 Å². The zero-order valence-electron chi connectivity index (χ0n) is 16.5. The minimum absolute atomic E-state index is 0.146. The summed E-state index contributed by atoms with van der Waals surface area (Å²) in [6.45, 7) is 5.54. The van der Waals surface area contributed by atoms with Crippen molar-refractivity contribution in [3.05, 3.63) is 53.2 Å². The normalized spacial score (nSPS) is 15.4. The lowest BCUT2D eigenvalue weighted by Crippen LogP contribution is -2.40. The highest BCUT2D eigenvalue weighted by Crippen LogP contribution is 2.23. The van der Waals surface area contributed by atoms with Crippen molar-refractivity contribution in [3.63, 3.8) is 0 Å². The Hall–Kier alpha value is -2.47. The van der Waals surface area contributed by atoms with Crippen LogP contribution in [-0.2, 0) is 0 Å². The topological polar surface area (TPSA) is 61.8 Å². The van der Waals surface area contributed by atoms with Crippen LogP contribution in [0.25, 0.3) is 0 Å². The van der Waals surface area contributed by atoms with Crippen LogP contribution in [0.1, 0.15) is 31.4 Å². The molecule has 0 radical (unpaired) electrons. The van der Waals surface area contributed by atoms with Crippen molar-refractivity contribution >= 4 is 23.2 Å². The average molecular weight is 402 g/mol. The number of nitrogens with zero attached hydrogens (tertiary/aromatic N) is 3. The molecule has 1 atom stereocenters. The molecule has 150 valence electrons. The van der Waals surface area contributed by atoms with Gasteiger partial charge in [0.1, 0.15) is 6.61 Å². The van der Waals surface area contributed by atoms with E-state index in [9.17, 15) is 0 Å². The Balaban J connectivity index is 1.47. The molecule has 1 aliphatic rings. The van der Waals surface area contributed by atoms with Crippen LogP contribution < -0.4 is 20.3 Å². The van der Waals surface area contributed by atoms with Crippen LogP contribution in [0.4, 0.5) is 5.69 Å². The summed E-state index contributed by atoms with van der Waals surface area (Å²) in [5.41, 5.74) is 2.55. The van der Waals surface area contributed by atoms with Crippen LogP contribution in [0.5, 0.6) is 5.88 Å². The molecule has 0 amide bonds. The fourth-order valence-corrected chi connectivity index (χ4v) is 3.33. The second-order valence-corrected chi connectivity index (χ2v) is 7.25. The largest absolute Gasteiger partial charge is 0.476 e. The zero-order chi connectivity index (χ0) is 19.8. The summed E-state index contributed by atoms with van der Waals surface area (Å²) in [5.74, 6) is 1.30. The lowest BCUT2D eigenvalue weighted by Gasteiger charge is -2.22. The lowest BCUT2D eigenvalue weighted by atomic mass is 10.1. The monoisotopic (exact) mass is 401 g/mol. The first-order valence-corrected chi connectivity index (χ1v) is 10.1. The number of aromatic nitrogens is 1. The standard InChI is InChI=1S/C21H28ClN5O/c1-16(17-6-5-7-19(14-17)27-11-3-4-12-27)26-21(23-2)24-10-13-28-20-9-8-18(22)15-25-20/h5-9,14-16H,3-4,10-13H2,1-2H3,(H2,23,24,26). The number of hydrogen-bond donors (Lipinski definition) is 2. The van der Waals surface area contributed by atoms with Gasteiger partial charge in [0.05, 0.1) is 17.6 Å². The highest BCUT2D eigenvalue weighted by atomic mass is 35.5. The molecule has 7 heteroatoms. The zero-order valence-corrected chi connectivity index (χ0v) is 17.2. The Labute approximate surface area is 172 Å². The highest BCUT2D eigenvalue weighted by Gasteiger charge is 2.14. The van der Waals surface area contributed by atoms with Crippen molar-refractivity contribution < 1.29 is 4.74 Å². The number of pyridine rings is 1. The van der Waals surface area contributed by atoms with Gasteiger partial charge in [0.25, 0.3) is 0 Å². The number of rotatable bonds is 7. The van der Waals surface area contributed by atoms with Gasteiger partial charge < -0.3 is 20.3 Å². The number of aliphatic imine (C=N–C) groups is 1. The Bertz CT molecular complexity index is 775. The number of benzene rings is 1. The fraction of sp³-hybridized carbons (Fsp3) is 0.429. The van der Waals surface area contributed by atoms with E-state index in [0.29, 0.717) is 24.1 Å². The van der Waals surface area contributed by atoms with E-state index in [-0.39, 0.29) is 6.04 Å². The molecule has 0 spiro atoms. The van der Waals surface area contributed by atoms with Gasteiger partial charge in [0.15, 0.2) is 5.96 Å². The minimum atomic E-state index is 0.146. The molecule has 28 heavy (non-hydrogen) atoms. The summed E-state index contributed by atoms with van der Waals surface area (Å²) in [5, 5.41) is 7.30. The molecule has 1 aromatic heterocycles. The average Bonchev–Trinajstić information content (AvgIpc) is 3.26. The van der Waals surface area contributed by atoms with Gasteiger partial charge in [0, 0.05) is 38.1 Å². The molecule has 0 saturated carbocycles. The molecule has 0 bridgehead atoms.